The topological polar surface area (TPSA) is 53.8 Å². The number of likely N-dealkylation sites (N-methyl/N-ethyl adjacent to an activating group) is 1. The highest BCUT2D eigenvalue weighted by molar-refractivity contribution is 5.68. The van der Waals surface area contributed by atoms with Gasteiger partial charge in [0.1, 0.15) is 5.69 Å². The number of aryl methyl sites for hydroxylation is 1. The van der Waals surface area contributed by atoms with Gasteiger partial charge in [0, 0.05) is 38.3 Å². The molecule has 25 heavy (non-hydrogen) atoms. The first-order valence-electron chi connectivity index (χ1n) is 8.89. The molecule has 1 aliphatic heterocycles. The Morgan fingerprint density at radius 1 is 1.24 bits per heavy atom. The summed E-state index contributed by atoms with van der Waals surface area (Å²) < 4.78 is 11.2. The third-order valence-corrected chi connectivity index (χ3v) is 4.39. The van der Waals surface area contributed by atoms with Crippen molar-refractivity contribution in [1.82, 2.24) is 15.4 Å². The number of benzene rings is 1. The summed E-state index contributed by atoms with van der Waals surface area (Å²) in [6.45, 7) is 7.91. The number of ether oxygens (including phenoxy) is 1. The smallest absolute Gasteiger partial charge is 0.232 e. The average molecular weight is 344 g/mol. The number of morpholine rings is 1. The SMILES string of the molecule is Cc1cccc(-c2noc(N3CCOCC3)c2CNCCN(C)C)c1. The van der Waals surface area contributed by atoms with E-state index in [1.807, 2.05) is 0 Å². The van der Waals surface area contributed by atoms with Crippen LogP contribution in [0.25, 0.3) is 11.3 Å². The molecule has 2 heterocycles. The van der Waals surface area contributed by atoms with Crippen LogP contribution in [0, 0.1) is 6.92 Å². The Morgan fingerprint density at radius 2 is 2.04 bits per heavy atom. The zero-order valence-electron chi connectivity index (χ0n) is 15.4. The predicted octanol–water partition coefficient (Wildman–Crippen LogP) is 2.14. The molecule has 1 fully saturated rings. The molecule has 3 rings (SSSR count). The largest absolute Gasteiger partial charge is 0.378 e. The Labute approximate surface area is 149 Å². The van der Waals surface area contributed by atoms with Crippen LogP contribution in [0.5, 0.6) is 0 Å². The lowest BCUT2D eigenvalue weighted by Gasteiger charge is -2.26. The molecule has 0 atom stereocenters. The first kappa shape index (κ1) is 17.9. The summed E-state index contributed by atoms with van der Waals surface area (Å²) >= 11 is 0. The summed E-state index contributed by atoms with van der Waals surface area (Å²) in [5.41, 5.74) is 4.39. The van der Waals surface area contributed by atoms with Gasteiger partial charge in [0.05, 0.1) is 18.8 Å². The van der Waals surface area contributed by atoms with Crippen LogP contribution in [0.3, 0.4) is 0 Å². The fraction of sp³-hybridized carbons (Fsp3) is 0.526. The Bertz CT molecular complexity index is 678. The maximum atomic E-state index is 5.78. The van der Waals surface area contributed by atoms with Gasteiger partial charge in [-0.1, -0.05) is 28.9 Å². The first-order chi connectivity index (χ1) is 12.1. The molecule has 6 nitrogen and oxygen atoms in total. The molecule has 0 saturated carbocycles. The molecular formula is C19H28N4O2. The maximum absolute atomic E-state index is 5.78. The zero-order chi connectivity index (χ0) is 17.6. The highest BCUT2D eigenvalue weighted by atomic mass is 16.5. The van der Waals surface area contributed by atoms with E-state index in [9.17, 15) is 0 Å². The van der Waals surface area contributed by atoms with Gasteiger partial charge in [-0.05, 0) is 27.1 Å². The first-order valence-corrected chi connectivity index (χ1v) is 8.89. The van der Waals surface area contributed by atoms with Crippen LogP contribution in [-0.2, 0) is 11.3 Å². The van der Waals surface area contributed by atoms with Crippen molar-refractivity contribution >= 4 is 5.88 Å². The predicted molar refractivity (Wildman–Crippen MR) is 100.0 cm³/mol. The minimum Gasteiger partial charge on any atom is -0.378 e. The van der Waals surface area contributed by atoms with Crippen LogP contribution in [0.2, 0.25) is 0 Å². The van der Waals surface area contributed by atoms with E-state index in [0.717, 1.165) is 68.6 Å². The van der Waals surface area contributed by atoms with Crippen LogP contribution in [0.4, 0.5) is 5.88 Å². The van der Waals surface area contributed by atoms with Gasteiger partial charge in [0.25, 0.3) is 0 Å². The van der Waals surface area contributed by atoms with E-state index in [1.165, 1.54) is 5.56 Å². The molecule has 1 aliphatic rings. The molecule has 1 aromatic heterocycles. The van der Waals surface area contributed by atoms with Crippen LogP contribution in [-0.4, -0.2) is 63.5 Å². The van der Waals surface area contributed by atoms with Crippen LogP contribution < -0.4 is 10.2 Å². The van der Waals surface area contributed by atoms with Crippen LogP contribution >= 0.6 is 0 Å². The standard InChI is InChI=1S/C19H28N4O2/c1-15-5-4-6-16(13-15)18-17(14-20-7-8-22(2)3)19(25-21-18)23-9-11-24-12-10-23/h4-6,13,20H,7-12,14H2,1-3H3. The van der Waals surface area contributed by atoms with Gasteiger partial charge >= 0.3 is 0 Å². The van der Waals surface area contributed by atoms with Crippen molar-refractivity contribution in [2.45, 2.75) is 13.5 Å². The average Bonchev–Trinajstić information content (AvgIpc) is 3.03. The van der Waals surface area contributed by atoms with Crippen LogP contribution in [0.15, 0.2) is 28.8 Å². The summed E-state index contributed by atoms with van der Waals surface area (Å²) in [6.07, 6.45) is 0. The van der Waals surface area contributed by atoms with Crippen molar-refractivity contribution in [1.29, 1.82) is 0 Å². The van der Waals surface area contributed by atoms with E-state index in [-0.39, 0.29) is 0 Å². The van der Waals surface area contributed by atoms with Gasteiger partial charge in [-0.25, -0.2) is 0 Å². The van der Waals surface area contributed by atoms with Crippen molar-refractivity contribution in [2.75, 3.05) is 58.4 Å². The molecular weight excluding hydrogens is 316 g/mol. The quantitative estimate of drug-likeness (QED) is 0.777. The lowest BCUT2D eigenvalue weighted by atomic mass is 10.0. The van der Waals surface area contributed by atoms with Gasteiger partial charge < -0.3 is 24.4 Å². The monoisotopic (exact) mass is 344 g/mol. The molecule has 0 amide bonds. The molecule has 0 spiro atoms. The van der Waals surface area contributed by atoms with Gasteiger partial charge in [-0.15, -0.1) is 0 Å². The molecule has 6 heteroatoms. The second-order valence-electron chi connectivity index (χ2n) is 6.76. The number of hydrogen-bond acceptors (Lipinski definition) is 6. The Balaban J connectivity index is 1.84. The number of nitrogens with zero attached hydrogens (tertiary/aromatic N) is 3. The van der Waals surface area contributed by atoms with Crippen LogP contribution in [0.1, 0.15) is 11.1 Å². The fourth-order valence-corrected chi connectivity index (χ4v) is 3.01. The zero-order valence-corrected chi connectivity index (χ0v) is 15.4. The molecule has 0 unspecified atom stereocenters. The van der Waals surface area contributed by atoms with E-state index >= 15 is 0 Å². The van der Waals surface area contributed by atoms with E-state index in [1.54, 1.807) is 0 Å². The lowest BCUT2D eigenvalue weighted by Crippen LogP contribution is -2.37. The summed E-state index contributed by atoms with van der Waals surface area (Å²) in [4.78, 5) is 4.41. The highest BCUT2D eigenvalue weighted by Gasteiger charge is 2.23. The van der Waals surface area contributed by atoms with Crippen molar-refractivity contribution in [3.8, 4) is 11.3 Å². The molecule has 0 bridgehead atoms. The fourth-order valence-electron chi connectivity index (χ4n) is 3.01. The van der Waals surface area contributed by atoms with E-state index < -0.39 is 0 Å². The second kappa shape index (κ2) is 8.47. The van der Waals surface area contributed by atoms with E-state index in [2.05, 4.69) is 65.6 Å². The number of aromatic nitrogens is 1. The van der Waals surface area contributed by atoms with Crippen molar-refractivity contribution in [2.24, 2.45) is 0 Å². The summed E-state index contributed by atoms with van der Waals surface area (Å²) in [5.74, 6) is 0.872. The molecule has 1 aromatic carbocycles. The van der Waals surface area contributed by atoms with Crippen molar-refractivity contribution in [3.05, 3.63) is 35.4 Å². The third kappa shape index (κ3) is 4.60. The number of anilines is 1. The van der Waals surface area contributed by atoms with E-state index in [0.29, 0.717) is 0 Å². The molecule has 0 radical (unpaired) electrons. The number of hydrogen-bond donors (Lipinski definition) is 1. The summed E-state index contributed by atoms with van der Waals surface area (Å²) in [7, 11) is 4.16. The molecule has 2 aromatic rings. The van der Waals surface area contributed by atoms with Gasteiger partial charge in [0.2, 0.25) is 5.88 Å². The molecule has 136 valence electrons. The van der Waals surface area contributed by atoms with E-state index in [4.69, 9.17) is 9.26 Å². The summed E-state index contributed by atoms with van der Waals surface area (Å²) in [5, 5.41) is 7.93. The lowest BCUT2D eigenvalue weighted by molar-refractivity contribution is 0.120. The summed E-state index contributed by atoms with van der Waals surface area (Å²) in [6, 6.07) is 8.42. The van der Waals surface area contributed by atoms with Gasteiger partial charge in [-0.2, -0.15) is 0 Å². The molecule has 0 aliphatic carbocycles. The number of rotatable bonds is 7. The minimum absolute atomic E-state index is 0.730. The maximum Gasteiger partial charge on any atom is 0.232 e. The van der Waals surface area contributed by atoms with Gasteiger partial charge in [-0.3, -0.25) is 0 Å². The highest BCUT2D eigenvalue weighted by Crippen LogP contribution is 2.32. The second-order valence-corrected chi connectivity index (χ2v) is 6.76. The third-order valence-electron chi connectivity index (χ3n) is 4.39. The molecule has 1 N–H and O–H groups in total. The molecule has 1 saturated heterocycles. The van der Waals surface area contributed by atoms with Crippen molar-refractivity contribution < 1.29 is 9.26 Å². The minimum atomic E-state index is 0.730. The Hall–Kier alpha value is -1.89. The Morgan fingerprint density at radius 3 is 2.76 bits per heavy atom. The normalized spacial score (nSPS) is 15.1. The number of nitrogens with one attached hydrogen (secondary N) is 1. The van der Waals surface area contributed by atoms with Gasteiger partial charge in [0.15, 0.2) is 0 Å². The van der Waals surface area contributed by atoms with Crippen molar-refractivity contribution in [3.63, 3.8) is 0 Å². The Kier molecular flexibility index (Phi) is 6.07.